The number of hydrogen-bond acceptors (Lipinski definition) is 4. The van der Waals surface area contributed by atoms with Crippen LogP contribution in [-0.4, -0.2) is 12.2 Å². The molecule has 0 saturated heterocycles. The lowest BCUT2D eigenvalue weighted by Crippen LogP contribution is -2.06. The number of benzene rings is 2. The maximum atomic E-state index is 13.0. The molecule has 0 saturated carbocycles. The van der Waals surface area contributed by atoms with E-state index in [0.717, 1.165) is 16.7 Å². The molecule has 0 spiro atoms. The molecule has 2 aromatic carbocycles. The molecule has 1 aromatic heterocycles. The molecule has 0 atom stereocenters. The number of methoxy groups -OCH3 is 1. The highest BCUT2D eigenvalue weighted by Gasteiger charge is 2.18. The Hall–Kier alpha value is -2.75. The van der Waals surface area contributed by atoms with Crippen molar-refractivity contribution in [3.05, 3.63) is 57.9 Å². The van der Waals surface area contributed by atoms with Gasteiger partial charge in [0.2, 0.25) is 0 Å². The van der Waals surface area contributed by atoms with Gasteiger partial charge in [-0.05, 0) is 52.8 Å². The maximum Gasteiger partial charge on any atom is 0.200 e. The molecule has 0 aliphatic rings. The SMILES string of the molecule is COc1ccc2c(=O)c(-c3cc(C(C)C)c(O)c(C(C)C)c3)coc2c1. The van der Waals surface area contributed by atoms with Gasteiger partial charge >= 0.3 is 0 Å². The fourth-order valence-corrected chi connectivity index (χ4v) is 3.15. The lowest BCUT2D eigenvalue weighted by Gasteiger charge is -2.17. The molecule has 3 rings (SSSR count). The minimum absolute atomic E-state index is 0.0935. The van der Waals surface area contributed by atoms with Crippen LogP contribution in [0.2, 0.25) is 0 Å². The Morgan fingerprint density at radius 1 is 1.00 bits per heavy atom. The Morgan fingerprint density at radius 3 is 2.15 bits per heavy atom. The standard InChI is InChI=1S/C22H24O4/c1-12(2)17-8-14(9-18(13(3)4)22(17)24)19-11-26-20-10-15(25-5)6-7-16(20)21(19)23/h6-13,24H,1-5H3. The van der Waals surface area contributed by atoms with Crippen molar-refractivity contribution in [1.29, 1.82) is 0 Å². The lowest BCUT2D eigenvalue weighted by atomic mass is 9.89. The third-order valence-corrected chi connectivity index (χ3v) is 4.71. The molecule has 0 aliphatic heterocycles. The number of hydrogen-bond donors (Lipinski definition) is 1. The van der Waals surface area contributed by atoms with E-state index in [1.807, 2.05) is 39.8 Å². The van der Waals surface area contributed by atoms with Gasteiger partial charge < -0.3 is 14.3 Å². The number of aromatic hydroxyl groups is 1. The Balaban J connectivity index is 2.26. The van der Waals surface area contributed by atoms with Gasteiger partial charge in [-0.2, -0.15) is 0 Å². The molecule has 0 bridgehead atoms. The first-order chi connectivity index (χ1) is 12.3. The predicted molar refractivity (Wildman–Crippen MR) is 104 cm³/mol. The number of rotatable bonds is 4. The number of phenolic OH excluding ortho intramolecular Hbond substituents is 1. The van der Waals surface area contributed by atoms with Crippen molar-refractivity contribution in [3.63, 3.8) is 0 Å². The zero-order valence-electron chi connectivity index (χ0n) is 15.8. The number of phenols is 1. The van der Waals surface area contributed by atoms with Crippen molar-refractivity contribution in [1.82, 2.24) is 0 Å². The second-order valence-corrected chi connectivity index (χ2v) is 7.15. The van der Waals surface area contributed by atoms with Gasteiger partial charge in [0, 0.05) is 6.07 Å². The van der Waals surface area contributed by atoms with Gasteiger partial charge in [0.15, 0.2) is 5.43 Å². The molecule has 4 nitrogen and oxygen atoms in total. The van der Waals surface area contributed by atoms with E-state index < -0.39 is 0 Å². The third-order valence-electron chi connectivity index (χ3n) is 4.71. The van der Waals surface area contributed by atoms with E-state index in [1.165, 1.54) is 6.26 Å². The summed E-state index contributed by atoms with van der Waals surface area (Å²) in [4.78, 5) is 13.0. The largest absolute Gasteiger partial charge is 0.507 e. The van der Waals surface area contributed by atoms with Crippen molar-refractivity contribution in [2.75, 3.05) is 7.11 Å². The van der Waals surface area contributed by atoms with Crippen LogP contribution in [0.15, 0.2) is 45.8 Å². The summed E-state index contributed by atoms with van der Waals surface area (Å²) >= 11 is 0. The van der Waals surface area contributed by atoms with Crippen LogP contribution in [0.1, 0.15) is 50.7 Å². The van der Waals surface area contributed by atoms with E-state index >= 15 is 0 Å². The Bertz CT molecular complexity index is 983. The summed E-state index contributed by atoms with van der Waals surface area (Å²) < 4.78 is 10.9. The topological polar surface area (TPSA) is 59.7 Å². The highest BCUT2D eigenvalue weighted by molar-refractivity contribution is 5.83. The summed E-state index contributed by atoms with van der Waals surface area (Å²) in [5.41, 5.74) is 3.32. The molecule has 0 radical (unpaired) electrons. The van der Waals surface area contributed by atoms with E-state index in [-0.39, 0.29) is 17.3 Å². The molecule has 0 aliphatic carbocycles. The molecule has 136 valence electrons. The zero-order valence-corrected chi connectivity index (χ0v) is 15.8. The third kappa shape index (κ3) is 3.07. The van der Waals surface area contributed by atoms with Crippen LogP contribution in [0.5, 0.6) is 11.5 Å². The smallest absolute Gasteiger partial charge is 0.200 e. The number of fused-ring (bicyclic) bond motifs is 1. The van der Waals surface area contributed by atoms with E-state index in [4.69, 9.17) is 9.15 Å². The maximum absolute atomic E-state index is 13.0. The highest BCUT2D eigenvalue weighted by atomic mass is 16.5. The monoisotopic (exact) mass is 352 g/mol. The molecule has 4 heteroatoms. The summed E-state index contributed by atoms with van der Waals surface area (Å²) in [7, 11) is 1.57. The van der Waals surface area contributed by atoms with Crippen LogP contribution in [0, 0.1) is 0 Å². The van der Waals surface area contributed by atoms with Gasteiger partial charge in [0.05, 0.1) is 18.1 Å². The van der Waals surface area contributed by atoms with Gasteiger partial charge in [0.1, 0.15) is 23.3 Å². The minimum Gasteiger partial charge on any atom is -0.507 e. The minimum atomic E-state index is -0.0935. The fourth-order valence-electron chi connectivity index (χ4n) is 3.15. The van der Waals surface area contributed by atoms with Crippen molar-refractivity contribution in [2.45, 2.75) is 39.5 Å². The van der Waals surface area contributed by atoms with Crippen LogP contribution in [0.4, 0.5) is 0 Å². The molecule has 1 N–H and O–H groups in total. The Labute approximate surface area is 153 Å². The summed E-state index contributed by atoms with van der Waals surface area (Å²) in [6.07, 6.45) is 1.49. The first-order valence-corrected chi connectivity index (χ1v) is 8.80. The molecular formula is C22H24O4. The van der Waals surface area contributed by atoms with Crippen LogP contribution >= 0.6 is 0 Å². The van der Waals surface area contributed by atoms with Crippen molar-refractivity contribution in [2.24, 2.45) is 0 Å². The highest BCUT2D eigenvalue weighted by Crippen LogP contribution is 2.37. The van der Waals surface area contributed by atoms with E-state index in [1.54, 1.807) is 25.3 Å². The Morgan fingerprint density at radius 2 is 1.62 bits per heavy atom. The predicted octanol–water partition coefficient (Wildman–Crippen LogP) is 5.42. The van der Waals surface area contributed by atoms with Gasteiger partial charge in [-0.1, -0.05) is 27.7 Å². The summed E-state index contributed by atoms with van der Waals surface area (Å²) in [6.45, 7) is 8.10. The average Bonchev–Trinajstić information content (AvgIpc) is 2.61. The molecule has 26 heavy (non-hydrogen) atoms. The van der Waals surface area contributed by atoms with E-state index in [2.05, 4.69) is 0 Å². The van der Waals surface area contributed by atoms with Crippen molar-refractivity contribution < 1.29 is 14.3 Å². The van der Waals surface area contributed by atoms with Gasteiger partial charge in [-0.3, -0.25) is 4.79 Å². The molecule has 0 unspecified atom stereocenters. The van der Waals surface area contributed by atoms with Crippen LogP contribution in [0.25, 0.3) is 22.1 Å². The first-order valence-electron chi connectivity index (χ1n) is 8.80. The average molecular weight is 352 g/mol. The molecule has 0 fully saturated rings. The van der Waals surface area contributed by atoms with Gasteiger partial charge in [-0.25, -0.2) is 0 Å². The van der Waals surface area contributed by atoms with Gasteiger partial charge in [0.25, 0.3) is 0 Å². The molecule has 0 amide bonds. The Kier molecular flexibility index (Phi) is 4.77. The first kappa shape index (κ1) is 18.1. The normalized spacial score (nSPS) is 11.5. The zero-order chi connectivity index (χ0) is 19.0. The molecule has 1 heterocycles. The van der Waals surface area contributed by atoms with Crippen molar-refractivity contribution >= 4 is 11.0 Å². The van der Waals surface area contributed by atoms with Crippen LogP contribution in [-0.2, 0) is 0 Å². The lowest BCUT2D eigenvalue weighted by molar-refractivity contribution is 0.414. The summed E-state index contributed by atoms with van der Waals surface area (Å²) in [5, 5.41) is 11.1. The second kappa shape index (κ2) is 6.87. The number of ether oxygens (including phenoxy) is 1. The second-order valence-electron chi connectivity index (χ2n) is 7.15. The molecule has 3 aromatic rings. The summed E-state index contributed by atoms with van der Waals surface area (Å²) in [5.74, 6) is 1.24. The fraction of sp³-hybridized carbons (Fsp3) is 0.318. The molecular weight excluding hydrogens is 328 g/mol. The summed E-state index contributed by atoms with van der Waals surface area (Å²) in [6, 6.07) is 8.94. The van der Waals surface area contributed by atoms with Crippen LogP contribution < -0.4 is 10.2 Å². The van der Waals surface area contributed by atoms with Crippen molar-refractivity contribution in [3.8, 4) is 22.6 Å². The quantitative estimate of drug-likeness (QED) is 0.681. The van der Waals surface area contributed by atoms with Gasteiger partial charge in [-0.15, -0.1) is 0 Å². The van der Waals surface area contributed by atoms with E-state index in [9.17, 15) is 9.90 Å². The van der Waals surface area contributed by atoms with E-state index in [0.29, 0.717) is 28.0 Å². The van der Waals surface area contributed by atoms with Crippen LogP contribution in [0.3, 0.4) is 0 Å².